The normalized spacial score (nSPS) is 21.8. The number of aryl methyl sites for hydroxylation is 2. The van der Waals surface area contributed by atoms with Gasteiger partial charge >= 0.3 is 0 Å². The lowest BCUT2D eigenvalue weighted by molar-refractivity contribution is -0.697. The van der Waals surface area contributed by atoms with E-state index in [-0.39, 0.29) is 0 Å². The van der Waals surface area contributed by atoms with E-state index in [1.54, 1.807) is 0 Å². The van der Waals surface area contributed by atoms with Gasteiger partial charge in [0.25, 0.3) is 0 Å². The summed E-state index contributed by atoms with van der Waals surface area (Å²) in [6.45, 7) is 15.9. The highest BCUT2D eigenvalue weighted by Gasteiger charge is 2.43. The maximum Gasteiger partial charge on any atom is 0.169 e. The first kappa shape index (κ1) is 24.9. The zero-order chi connectivity index (χ0) is 23.4. The molecule has 0 aromatic carbocycles. The van der Waals surface area contributed by atoms with E-state index in [0.29, 0.717) is 10.8 Å². The summed E-state index contributed by atoms with van der Waals surface area (Å²) in [7, 11) is 2.06. The van der Waals surface area contributed by atoms with Gasteiger partial charge < -0.3 is 0 Å². The van der Waals surface area contributed by atoms with Gasteiger partial charge in [0.1, 0.15) is 13.6 Å². The fourth-order valence-corrected chi connectivity index (χ4v) is 5.76. The minimum Gasteiger partial charge on any atom is -0.208 e. The number of hydrogen-bond donors (Lipinski definition) is 0. The van der Waals surface area contributed by atoms with Crippen molar-refractivity contribution in [3.63, 3.8) is 0 Å². The van der Waals surface area contributed by atoms with E-state index in [2.05, 4.69) is 107 Å². The molecule has 1 fully saturated rings. The van der Waals surface area contributed by atoms with Crippen molar-refractivity contribution in [2.75, 3.05) is 0 Å². The standard InChI is InChI=1S/C30H48N2/c1-29(2,3)27-22-26(28(23-27)30(4,5)6)12-10-8-9-11-17-32-20-15-25(16-21-32)24-13-18-31(7)19-14-24/h13-16,18-21,26-28H,8-12,17,22-23H2,1-7H3/q+2. The van der Waals surface area contributed by atoms with Crippen LogP contribution in [0.1, 0.15) is 86.5 Å². The first-order valence-electron chi connectivity index (χ1n) is 13.0. The summed E-state index contributed by atoms with van der Waals surface area (Å²) in [4.78, 5) is 0. The molecule has 0 amide bonds. The van der Waals surface area contributed by atoms with Crippen LogP contribution in [-0.2, 0) is 13.6 Å². The van der Waals surface area contributed by atoms with E-state index in [4.69, 9.17) is 0 Å². The van der Waals surface area contributed by atoms with Crippen LogP contribution in [0.5, 0.6) is 0 Å². The molecule has 3 rings (SSSR count). The van der Waals surface area contributed by atoms with Crippen LogP contribution < -0.4 is 9.13 Å². The second-order valence-corrected chi connectivity index (χ2v) is 12.5. The van der Waals surface area contributed by atoms with E-state index in [0.717, 1.165) is 24.3 Å². The van der Waals surface area contributed by atoms with Crippen LogP contribution in [0, 0.1) is 28.6 Å². The molecular formula is C30H48N2+2. The summed E-state index contributed by atoms with van der Waals surface area (Å²) in [6.07, 6.45) is 18.4. The molecule has 0 N–H and O–H groups in total. The second-order valence-electron chi connectivity index (χ2n) is 12.5. The predicted octanol–water partition coefficient (Wildman–Crippen LogP) is 7.15. The maximum absolute atomic E-state index is 2.47. The Balaban J connectivity index is 1.39. The molecule has 0 bridgehead atoms. The fourth-order valence-electron chi connectivity index (χ4n) is 5.76. The Labute approximate surface area is 198 Å². The van der Waals surface area contributed by atoms with Gasteiger partial charge in [-0.2, -0.15) is 0 Å². The van der Waals surface area contributed by atoms with Crippen LogP contribution in [0.2, 0.25) is 0 Å². The molecule has 176 valence electrons. The molecule has 0 aliphatic heterocycles. The monoisotopic (exact) mass is 436 g/mol. The molecule has 0 radical (unpaired) electrons. The van der Waals surface area contributed by atoms with Crippen LogP contribution >= 0.6 is 0 Å². The molecule has 32 heavy (non-hydrogen) atoms. The lowest BCUT2D eigenvalue weighted by Gasteiger charge is -2.33. The molecule has 2 aromatic heterocycles. The number of pyridine rings is 2. The average Bonchev–Trinajstić information content (AvgIpc) is 3.17. The Morgan fingerprint density at radius 2 is 1.28 bits per heavy atom. The largest absolute Gasteiger partial charge is 0.208 e. The Morgan fingerprint density at radius 1 is 0.719 bits per heavy atom. The van der Waals surface area contributed by atoms with E-state index < -0.39 is 0 Å². The summed E-state index contributed by atoms with van der Waals surface area (Å²) < 4.78 is 4.42. The van der Waals surface area contributed by atoms with Crippen molar-refractivity contribution in [1.29, 1.82) is 0 Å². The lowest BCUT2D eigenvalue weighted by Crippen LogP contribution is -2.32. The Bertz CT molecular complexity index is 821. The smallest absolute Gasteiger partial charge is 0.169 e. The zero-order valence-electron chi connectivity index (χ0n) is 21.9. The van der Waals surface area contributed by atoms with Crippen molar-refractivity contribution >= 4 is 0 Å². The van der Waals surface area contributed by atoms with Crippen molar-refractivity contribution in [3.05, 3.63) is 49.1 Å². The summed E-state index contributed by atoms with van der Waals surface area (Å²) in [6, 6.07) is 8.84. The van der Waals surface area contributed by atoms with Crippen LogP contribution in [0.3, 0.4) is 0 Å². The summed E-state index contributed by atoms with van der Waals surface area (Å²) in [5.74, 6) is 2.73. The molecule has 3 unspecified atom stereocenters. The van der Waals surface area contributed by atoms with Gasteiger partial charge in [-0.1, -0.05) is 60.8 Å². The second kappa shape index (κ2) is 10.5. The first-order chi connectivity index (χ1) is 15.0. The number of nitrogens with zero attached hydrogens (tertiary/aromatic N) is 2. The predicted molar refractivity (Wildman–Crippen MR) is 135 cm³/mol. The first-order valence-corrected chi connectivity index (χ1v) is 13.0. The van der Waals surface area contributed by atoms with Crippen molar-refractivity contribution in [2.45, 2.75) is 93.0 Å². The molecule has 0 saturated heterocycles. The van der Waals surface area contributed by atoms with Gasteiger partial charge in [-0.3, -0.25) is 0 Å². The molecule has 1 aliphatic carbocycles. The third-order valence-electron chi connectivity index (χ3n) is 7.98. The molecule has 1 saturated carbocycles. The van der Waals surface area contributed by atoms with E-state index in [9.17, 15) is 0 Å². The van der Waals surface area contributed by atoms with Crippen molar-refractivity contribution in [3.8, 4) is 11.1 Å². The topological polar surface area (TPSA) is 7.76 Å². The van der Waals surface area contributed by atoms with Crippen molar-refractivity contribution in [1.82, 2.24) is 0 Å². The molecular weight excluding hydrogens is 388 g/mol. The van der Waals surface area contributed by atoms with Gasteiger partial charge in [-0.15, -0.1) is 0 Å². The third kappa shape index (κ3) is 6.90. The molecule has 3 atom stereocenters. The number of aromatic nitrogens is 2. The highest BCUT2D eigenvalue weighted by Crippen LogP contribution is 2.52. The highest BCUT2D eigenvalue weighted by molar-refractivity contribution is 5.60. The van der Waals surface area contributed by atoms with Crippen LogP contribution in [0.15, 0.2) is 49.1 Å². The fraction of sp³-hybridized carbons (Fsp3) is 0.667. The van der Waals surface area contributed by atoms with Gasteiger partial charge in [0.15, 0.2) is 24.8 Å². The zero-order valence-corrected chi connectivity index (χ0v) is 21.9. The summed E-state index contributed by atoms with van der Waals surface area (Å²) in [5, 5.41) is 0. The average molecular weight is 437 g/mol. The molecule has 2 aromatic rings. The van der Waals surface area contributed by atoms with Crippen LogP contribution in [0.4, 0.5) is 0 Å². The van der Waals surface area contributed by atoms with Crippen LogP contribution in [0.25, 0.3) is 11.1 Å². The third-order valence-corrected chi connectivity index (χ3v) is 7.98. The van der Waals surface area contributed by atoms with E-state index in [1.807, 2.05) is 0 Å². The quantitative estimate of drug-likeness (QED) is 0.306. The highest BCUT2D eigenvalue weighted by atomic mass is 14.9. The van der Waals surface area contributed by atoms with Gasteiger partial charge in [-0.05, 0) is 59.0 Å². The van der Waals surface area contributed by atoms with Crippen molar-refractivity contribution < 1.29 is 9.13 Å². The van der Waals surface area contributed by atoms with Gasteiger partial charge in [0, 0.05) is 30.7 Å². The lowest BCUT2D eigenvalue weighted by atomic mass is 9.72. The molecule has 0 spiro atoms. The van der Waals surface area contributed by atoms with Crippen LogP contribution in [-0.4, -0.2) is 0 Å². The number of unbranched alkanes of at least 4 members (excludes halogenated alkanes) is 3. The van der Waals surface area contributed by atoms with E-state index in [1.165, 1.54) is 56.1 Å². The van der Waals surface area contributed by atoms with E-state index >= 15 is 0 Å². The molecule has 2 heterocycles. The molecule has 2 nitrogen and oxygen atoms in total. The van der Waals surface area contributed by atoms with Gasteiger partial charge in [-0.25, -0.2) is 9.13 Å². The van der Waals surface area contributed by atoms with Gasteiger partial charge in [0.05, 0.1) is 0 Å². The Kier molecular flexibility index (Phi) is 8.17. The van der Waals surface area contributed by atoms with Gasteiger partial charge in [0.2, 0.25) is 0 Å². The maximum atomic E-state index is 2.47. The number of rotatable bonds is 8. The van der Waals surface area contributed by atoms with Crippen molar-refractivity contribution in [2.24, 2.45) is 35.6 Å². The minimum atomic E-state index is 0.449. The minimum absolute atomic E-state index is 0.449. The SMILES string of the molecule is C[n+]1ccc(-c2cc[n+](CCCCCCC3CC(C(C)(C)C)CC3C(C)(C)C)cc2)cc1. The Morgan fingerprint density at radius 3 is 1.84 bits per heavy atom. The number of hydrogen-bond acceptors (Lipinski definition) is 0. The molecule has 1 aliphatic rings. The summed E-state index contributed by atoms with van der Waals surface area (Å²) in [5.41, 5.74) is 3.48. The summed E-state index contributed by atoms with van der Waals surface area (Å²) >= 11 is 0. The molecule has 2 heteroatoms. The Hall–Kier alpha value is -1.70.